The van der Waals surface area contributed by atoms with Gasteiger partial charge in [-0.15, -0.1) is 0 Å². The number of phenols is 1. The normalized spacial score (nSPS) is 26.0. The SMILES string of the molecule is CC1=CC(=O)C2=C(C[C@@H]3C(=CC[C@@H]4C(=O)N(c5ccc(Cl)cc5)C(=O)[C@@H]43)[C@@H]2c2ccc3ccccc3c2O)C1=O. The fourth-order valence-electron chi connectivity index (χ4n) is 7.09. The van der Waals surface area contributed by atoms with E-state index in [1.54, 1.807) is 37.3 Å². The average Bonchev–Trinajstić information content (AvgIpc) is 3.21. The number of allylic oxidation sites excluding steroid dienone is 6. The van der Waals surface area contributed by atoms with E-state index in [0.29, 0.717) is 44.8 Å². The van der Waals surface area contributed by atoms with Gasteiger partial charge in [-0.1, -0.05) is 59.6 Å². The number of halogens is 1. The van der Waals surface area contributed by atoms with Crippen LogP contribution in [0.25, 0.3) is 10.8 Å². The maximum atomic E-state index is 14.0. The second kappa shape index (κ2) is 8.86. The van der Waals surface area contributed by atoms with E-state index in [-0.39, 0.29) is 35.6 Å². The number of anilines is 1. The van der Waals surface area contributed by atoms with Gasteiger partial charge in [-0.05, 0) is 61.4 Å². The van der Waals surface area contributed by atoms with Crippen LogP contribution in [0, 0.1) is 17.8 Å². The van der Waals surface area contributed by atoms with Gasteiger partial charge >= 0.3 is 0 Å². The highest BCUT2D eigenvalue weighted by molar-refractivity contribution is 6.31. The summed E-state index contributed by atoms with van der Waals surface area (Å²) in [5.41, 5.74) is 2.85. The van der Waals surface area contributed by atoms with Crippen molar-refractivity contribution in [1.29, 1.82) is 0 Å². The van der Waals surface area contributed by atoms with Gasteiger partial charge in [0.2, 0.25) is 11.8 Å². The monoisotopic (exact) mass is 549 g/mol. The van der Waals surface area contributed by atoms with Crippen LogP contribution in [0.1, 0.15) is 31.2 Å². The van der Waals surface area contributed by atoms with Gasteiger partial charge in [-0.25, -0.2) is 0 Å². The lowest BCUT2D eigenvalue weighted by molar-refractivity contribution is -0.123. The Morgan fingerprint density at radius 2 is 1.65 bits per heavy atom. The molecule has 1 saturated heterocycles. The van der Waals surface area contributed by atoms with Crippen LogP contribution in [0.4, 0.5) is 5.69 Å². The largest absolute Gasteiger partial charge is 0.507 e. The molecule has 0 saturated carbocycles. The van der Waals surface area contributed by atoms with Gasteiger partial charge < -0.3 is 5.11 Å². The number of carbonyl (C=O) groups is 4. The van der Waals surface area contributed by atoms with E-state index in [1.165, 1.54) is 11.0 Å². The molecule has 40 heavy (non-hydrogen) atoms. The highest BCUT2D eigenvalue weighted by Crippen LogP contribution is 2.56. The third kappa shape index (κ3) is 3.42. The molecule has 0 radical (unpaired) electrons. The third-order valence-electron chi connectivity index (χ3n) is 8.89. The van der Waals surface area contributed by atoms with E-state index in [0.717, 1.165) is 11.0 Å². The first-order valence-electron chi connectivity index (χ1n) is 13.3. The Balaban J connectivity index is 1.40. The van der Waals surface area contributed by atoms with Crippen molar-refractivity contribution in [2.75, 3.05) is 4.90 Å². The van der Waals surface area contributed by atoms with Gasteiger partial charge in [0.05, 0.1) is 17.5 Å². The van der Waals surface area contributed by atoms with E-state index in [1.807, 2.05) is 36.4 Å². The topological polar surface area (TPSA) is 91.8 Å². The van der Waals surface area contributed by atoms with E-state index >= 15 is 0 Å². The van der Waals surface area contributed by atoms with Gasteiger partial charge in [0.15, 0.2) is 11.6 Å². The smallest absolute Gasteiger partial charge is 0.238 e. The van der Waals surface area contributed by atoms with Crippen LogP contribution in [0.3, 0.4) is 0 Å². The molecule has 0 unspecified atom stereocenters. The highest BCUT2D eigenvalue weighted by Gasteiger charge is 2.56. The van der Waals surface area contributed by atoms with Gasteiger partial charge in [0, 0.05) is 38.6 Å². The van der Waals surface area contributed by atoms with Gasteiger partial charge in [0.25, 0.3) is 0 Å². The molecule has 6 nitrogen and oxygen atoms in total. The molecule has 0 spiro atoms. The Morgan fingerprint density at radius 1 is 0.900 bits per heavy atom. The first-order valence-corrected chi connectivity index (χ1v) is 13.7. The number of amides is 2. The maximum Gasteiger partial charge on any atom is 0.238 e. The summed E-state index contributed by atoms with van der Waals surface area (Å²) in [6, 6.07) is 17.7. The molecule has 3 aliphatic carbocycles. The van der Waals surface area contributed by atoms with Gasteiger partial charge in [0.1, 0.15) is 5.75 Å². The Labute approximate surface area is 235 Å². The minimum absolute atomic E-state index is 0.0433. The molecule has 4 aliphatic rings. The number of phenolic OH excluding ortho intramolecular Hbond substituents is 1. The number of benzene rings is 3. The lowest BCUT2D eigenvalue weighted by Crippen LogP contribution is -2.39. The van der Waals surface area contributed by atoms with Crippen molar-refractivity contribution in [3.05, 3.63) is 106 Å². The summed E-state index contributed by atoms with van der Waals surface area (Å²) in [6.45, 7) is 1.62. The fourth-order valence-corrected chi connectivity index (χ4v) is 7.21. The zero-order chi connectivity index (χ0) is 27.9. The summed E-state index contributed by atoms with van der Waals surface area (Å²) in [5.74, 6) is -3.47. The zero-order valence-corrected chi connectivity index (χ0v) is 22.3. The number of imide groups is 1. The molecule has 3 aromatic carbocycles. The predicted molar refractivity (Wildman–Crippen MR) is 151 cm³/mol. The summed E-state index contributed by atoms with van der Waals surface area (Å²) in [4.78, 5) is 55.7. The first kappa shape index (κ1) is 24.7. The lowest BCUT2D eigenvalue weighted by Gasteiger charge is -2.42. The van der Waals surface area contributed by atoms with Crippen molar-refractivity contribution < 1.29 is 24.3 Å². The Bertz CT molecular complexity index is 1780. The molecule has 1 N–H and O–H groups in total. The molecule has 1 heterocycles. The van der Waals surface area contributed by atoms with Crippen LogP contribution in [-0.4, -0.2) is 28.5 Å². The quantitative estimate of drug-likeness (QED) is 0.246. The molecule has 4 atom stereocenters. The van der Waals surface area contributed by atoms with Crippen LogP contribution < -0.4 is 4.90 Å². The second-order valence-corrected chi connectivity index (χ2v) is 11.4. The summed E-state index contributed by atoms with van der Waals surface area (Å²) in [5, 5.41) is 13.5. The highest BCUT2D eigenvalue weighted by atomic mass is 35.5. The number of ketones is 2. The Kier molecular flexibility index (Phi) is 5.48. The zero-order valence-electron chi connectivity index (χ0n) is 21.6. The predicted octanol–water partition coefficient (Wildman–Crippen LogP) is 5.83. The Hall–Kier alpha value is -4.29. The number of carbonyl (C=O) groups excluding carboxylic acids is 4. The van der Waals surface area contributed by atoms with Crippen LogP contribution in [-0.2, 0) is 19.2 Å². The van der Waals surface area contributed by atoms with Crippen molar-refractivity contribution in [2.45, 2.75) is 25.7 Å². The summed E-state index contributed by atoms with van der Waals surface area (Å²) < 4.78 is 0. The minimum Gasteiger partial charge on any atom is -0.507 e. The molecule has 1 aliphatic heterocycles. The standard InChI is InChI=1S/C33H24ClNO5/c1-16-14-26(36)29-25(30(16)37)15-24-21(27(29)22-11-6-17-4-2-3-5-20(17)31(22)38)12-13-23-28(24)33(40)35(32(23)39)19-9-7-18(34)8-10-19/h2-12,14,23-24,27-28,38H,13,15H2,1H3/t23-,24+,27+,28-/m0/s1. The molecule has 7 rings (SSSR count). The second-order valence-electron chi connectivity index (χ2n) is 10.9. The molecule has 2 amide bonds. The molecule has 0 bridgehead atoms. The molecule has 7 heteroatoms. The average molecular weight is 550 g/mol. The molecular formula is C33H24ClNO5. The molecule has 3 aromatic rings. The van der Waals surface area contributed by atoms with Crippen molar-refractivity contribution >= 4 is 51.4 Å². The first-order chi connectivity index (χ1) is 19.3. The number of nitrogens with zero attached hydrogens (tertiary/aromatic N) is 1. The number of hydrogen-bond donors (Lipinski definition) is 1. The van der Waals surface area contributed by atoms with Gasteiger partial charge in [-0.3, -0.25) is 24.1 Å². The van der Waals surface area contributed by atoms with E-state index in [4.69, 9.17) is 11.6 Å². The molecule has 198 valence electrons. The van der Waals surface area contributed by atoms with Crippen LogP contribution in [0.15, 0.2) is 95.1 Å². The van der Waals surface area contributed by atoms with Crippen molar-refractivity contribution in [1.82, 2.24) is 0 Å². The number of rotatable bonds is 2. The van der Waals surface area contributed by atoms with Crippen molar-refractivity contribution in [3.63, 3.8) is 0 Å². The fraction of sp³-hybridized carbons (Fsp3) is 0.212. The van der Waals surface area contributed by atoms with Crippen molar-refractivity contribution in [2.24, 2.45) is 17.8 Å². The van der Waals surface area contributed by atoms with Crippen LogP contribution >= 0.6 is 11.6 Å². The number of fused-ring (bicyclic) bond motifs is 4. The number of aromatic hydroxyl groups is 1. The van der Waals surface area contributed by atoms with Crippen LogP contribution in [0.5, 0.6) is 5.75 Å². The van der Waals surface area contributed by atoms with Gasteiger partial charge in [-0.2, -0.15) is 0 Å². The van der Waals surface area contributed by atoms with Crippen molar-refractivity contribution in [3.8, 4) is 5.75 Å². The maximum absolute atomic E-state index is 14.0. The van der Waals surface area contributed by atoms with E-state index < -0.39 is 23.7 Å². The summed E-state index contributed by atoms with van der Waals surface area (Å²) >= 11 is 6.04. The van der Waals surface area contributed by atoms with E-state index in [9.17, 15) is 24.3 Å². The molecule has 1 fully saturated rings. The summed E-state index contributed by atoms with van der Waals surface area (Å²) in [7, 11) is 0. The third-order valence-corrected chi connectivity index (χ3v) is 9.14. The van der Waals surface area contributed by atoms with E-state index in [2.05, 4.69) is 0 Å². The molecule has 0 aromatic heterocycles. The lowest BCUT2D eigenvalue weighted by atomic mass is 9.59. The van der Waals surface area contributed by atoms with Crippen LogP contribution in [0.2, 0.25) is 5.02 Å². The minimum atomic E-state index is -0.701. The summed E-state index contributed by atoms with van der Waals surface area (Å²) in [6.07, 6.45) is 3.84. The Morgan fingerprint density at radius 3 is 2.42 bits per heavy atom. The number of Topliss-reactive ketones (excluding diaryl/α,β-unsaturated/α-hetero) is 1. The number of hydrogen-bond acceptors (Lipinski definition) is 5. The molecular weight excluding hydrogens is 526 g/mol.